The van der Waals surface area contributed by atoms with Gasteiger partial charge in [-0.15, -0.1) is 0 Å². The molecule has 1 heterocycles. The van der Waals surface area contributed by atoms with Crippen LogP contribution in [-0.2, 0) is 12.8 Å². The number of rotatable bonds is 2. The van der Waals surface area contributed by atoms with Crippen molar-refractivity contribution in [2.45, 2.75) is 12.8 Å². The van der Waals surface area contributed by atoms with Gasteiger partial charge >= 0.3 is 0 Å². The van der Waals surface area contributed by atoms with Crippen molar-refractivity contribution < 1.29 is 4.39 Å². The molecule has 0 bridgehead atoms. The van der Waals surface area contributed by atoms with Gasteiger partial charge in [-0.05, 0) is 42.2 Å². The van der Waals surface area contributed by atoms with Crippen LogP contribution < -0.4 is 10.6 Å². The van der Waals surface area contributed by atoms with E-state index in [1.807, 2.05) is 0 Å². The van der Waals surface area contributed by atoms with E-state index in [9.17, 15) is 4.39 Å². The minimum atomic E-state index is -0.258. The lowest BCUT2D eigenvalue weighted by molar-refractivity contribution is 0.617. The molecule has 0 amide bonds. The molecule has 0 radical (unpaired) electrons. The third kappa shape index (κ3) is 2.90. The molecule has 0 spiro atoms. The van der Waals surface area contributed by atoms with E-state index in [4.69, 9.17) is 18.0 Å². The molecule has 0 aromatic heterocycles. The van der Waals surface area contributed by atoms with Gasteiger partial charge in [-0.3, -0.25) is 0 Å². The molecule has 21 heavy (non-hydrogen) atoms. The van der Waals surface area contributed by atoms with E-state index in [0.717, 1.165) is 25.9 Å². The maximum Gasteiger partial charge on any atom is 0.147 e. The molecule has 4 heteroatoms. The van der Waals surface area contributed by atoms with Crippen molar-refractivity contribution in [1.29, 1.82) is 0 Å². The van der Waals surface area contributed by atoms with Crippen LogP contribution in [0.3, 0.4) is 0 Å². The quantitative estimate of drug-likeness (QED) is 0.864. The molecule has 2 aromatic rings. The van der Waals surface area contributed by atoms with Gasteiger partial charge in [0.2, 0.25) is 0 Å². The van der Waals surface area contributed by atoms with Crippen LogP contribution in [0.1, 0.15) is 16.7 Å². The van der Waals surface area contributed by atoms with Crippen LogP contribution >= 0.6 is 12.2 Å². The second-order valence-corrected chi connectivity index (χ2v) is 5.73. The average molecular weight is 300 g/mol. The van der Waals surface area contributed by atoms with E-state index in [1.165, 1.54) is 17.2 Å². The summed E-state index contributed by atoms with van der Waals surface area (Å²) in [6.07, 6.45) is 1.87. The van der Waals surface area contributed by atoms with Crippen molar-refractivity contribution in [3.8, 4) is 0 Å². The van der Waals surface area contributed by atoms with Crippen molar-refractivity contribution in [3.05, 3.63) is 65.0 Å². The summed E-state index contributed by atoms with van der Waals surface area (Å²) in [4.78, 5) is 2.32. The Hall–Kier alpha value is -1.94. The molecule has 2 N–H and O–H groups in total. The van der Waals surface area contributed by atoms with E-state index in [-0.39, 0.29) is 10.8 Å². The summed E-state index contributed by atoms with van der Waals surface area (Å²) in [5, 5.41) is 0. The fourth-order valence-corrected chi connectivity index (χ4v) is 2.95. The third-order valence-electron chi connectivity index (χ3n) is 3.99. The molecule has 0 fully saturated rings. The lowest BCUT2D eigenvalue weighted by Crippen LogP contribution is -2.27. The maximum absolute atomic E-state index is 14.3. The lowest BCUT2D eigenvalue weighted by Gasteiger charge is -2.23. The summed E-state index contributed by atoms with van der Waals surface area (Å²) in [5.41, 5.74) is 9.47. The molecule has 0 atom stereocenters. The van der Waals surface area contributed by atoms with Gasteiger partial charge in [0.15, 0.2) is 0 Å². The molecule has 3 rings (SSSR count). The van der Waals surface area contributed by atoms with Gasteiger partial charge in [0.05, 0.1) is 5.69 Å². The number of fused-ring (bicyclic) bond motifs is 1. The van der Waals surface area contributed by atoms with E-state index >= 15 is 0 Å². The fraction of sp³-hybridized carbons (Fsp3) is 0.235. The van der Waals surface area contributed by atoms with Gasteiger partial charge in [-0.1, -0.05) is 36.5 Å². The van der Waals surface area contributed by atoms with Gasteiger partial charge in [-0.25, -0.2) is 4.39 Å². The van der Waals surface area contributed by atoms with Gasteiger partial charge in [0, 0.05) is 18.7 Å². The molecule has 0 saturated heterocycles. The zero-order chi connectivity index (χ0) is 14.8. The van der Waals surface area contributed by atoms with Crippen LogP contribution in [0.4, 0.5) is 10.1 Å². The Morgan fingerprint density at radius 2 is 1.67 bits per heavy atom. The maximum atomic E-state index is 14.3. The number of nitrogens with zero attached hydrogens (tertiary/aromatic N) is 1. The molecule has 0 unspecified atom stereocenters. The van der Waals surface area contributed by atoms with Crippen molar-refractivity contribution in [2.24, 2.45) is 5.73 Å². The minimum Gasteiger partial charge on any atom is -0.389 e. The Kier molecular flexibility index (Phi) is 3.88. The van der Waals surface area contributed by atoms with E-state index < -0.39 is 0 Å². The predicted molar refractivity (Wildman–Crippen MR) is 88.4 cm³/mol. The highest BCUT2D eigenvalue weighted by Crippen LogP contribution is 2.24. The lowest BCUT2D eigenvalue weighted by atomic mass is 10.0. The standard InChI is InChI=1S/C17H17FN2S/c18-15-11-14(17(19)21)5-6-16(15)20-9-7-12-3-1-2-4-13(12)8-10-20/h1-6,11H,7-10H2,(H2,19,21). The molecule has 1 aliphatic rings. The SMILES string of the molecule is NC(=S)c1ccc(N2CCc3ccccc3CC2)c(F)c1. The highest BCUT2D eigenvalue weighted by Gasteiger charge is 2.17. The zero-order valence-electron chi connectivity index (χ0n) is 11.7. The first-order valence-corrected chi connectivity index (χ1v) is 7.47. The normalized spacial score (nSPS) is 14.4. The van der Waals surface area contributed by atoms with Gasteiger partial charge in [-0.2, -0.15) is 0 Å². The monoisotopic (exact) mass is 300 g/mol. The molecule has 0 aliphatic carbocycles. The van der Waals surface area contributed by atoms with Crippen molar-refractivity contribution in [3.63, 3.8) is 0 Å². The Labute approximate surface area is 129 Å². The van der Waals surface area contributed by atoms with Gasteiger partial charge < -0.3 is 10.6 Å². The van der Waals surface area contributed by atoms with E-state index in [1.54, 1.807) is 12.1 Å². The number of anilines is 1. The summed E-state index contributed by atoms with van der Waals surface area (Å²) in [6, 6.07) is 13.4. The molecular formula is C17H17FN2S. The third-order valence-corrected chi connectivity index (χ3v) is 4.23. The van der Waals surface area contributed by atoms with Crippen LogP contribution in [0.2, 0.25) is 0 Å². The van der Waals surface area contributed by atoms with Crippen molar-refractivity contribution >= 4 is 22.9 Å². The summed E-state index contributed by atoms with van der Waals surface area (Å²) < 4.78 is 14.3. The highest BCUT2D eigenvalue weighted by atomic mass is 32.1. The average Bonchev–Trinajstić information content (AvgIpc) is 2.70. The van der Waals surface area contributed by atoms with E-state index in [0.29, 0.717) is 11.3 Å². The largest absolute Gasteiger partial charge is 0.389 e. The first-order chi connectivity index (χ1) is 10.1. The second-order valence-electron chi connectivity index (χ2n) is 5.29. The van der Waals surface area contributed by atoms with Crippen molar-refractivity contribution in [1.82, 2.24) is 0 Å². The number of hydrogen-bond acceptors (Lipinski definition) is 2. The Morgan fingerprint density at radius 1 is 1.05 bits per heavy atom. The number of thiocarbonyl (C=S) groups is 1. The number of benzene rings is 2. The van der Waals surface area contributed by atoms with Crippen LogP contribution in [-0.4, -0.2) is 18.1 Å². The first kappa shape index (κ1) is 14.0. The molecule has 1 aliphatic heterocycles. The summed E-state index contributed by atoms with van der Waals surface area (Å²) in [7, 11) is 0. The van der Waals surface area contributed by atoms with Crippen LogP contribution in [0.25, 0.3) is 0 Å². The van der Waals surface area contributed by atoms with Gasteiger partial charge in [0.25, 0.3) is 0 Å². The van der Waals surface area contributed by atoms with Crippen LogP contribution in [0.15, 0.2) is 42.5 Å². The molecule has 2 aromatic carbocycles. The Bertz CT molecular complexity index is 657. The zero-order valence-corrected chi connectivity index (χ0v) is 12.5. The Morgan fingerprint density at radius 3 is 2.19 bits per heavy atom. The summed E-state index contributed by atoms with van der Waals surface area (Å²) in [6.45, 7) is 1.64. The number of halogens is 1. The molecule has 0 saturated carbocycles. The van der Waals surface area contributed by atoms with Gasteiger partial charge in [0.1, 0.15) is 10.8 Å². The molecular weight excluding hydrogens is 283 g/mol. The first-order valence-electron chi connectivity index (χ1n) is 7.06. The highest BCUT2D eigenvalue weighted by molar-refractivity contribution is 7.80. The topological polar surface area (TPSA) is 29.3 Å². The predicted octanol–water partition coefficient (Wildman–Crippen LogP) is 3.07. The van der Waals surface area contributed by atoms with Crippen molar-refractivity contribution in [2.75, 3.05) is 18.0 Å². The van der Waals surface area contributed by atoms with Crippen LogP contribution in [0, 0.1) is 5.82 Å². The minimum absolute atomic E-state index is 0.226. The molecule has 2 nitrogen and oxygen atoms in total. The number of hydrogen-bond donors (Lipinski definition) is 1. The summed E-state index contributed by atoms with van der Waals surface area (Å²) in [5.74, 6) is -0.258. The Balaban J connectivity index is 1.84. The fourth-order valence-electron chi connectivity index (χ4n) is 2.83. The smallest absolute Gasteiger partial charge is 0.147 e. The van der Waals surface area contributed by atoms with E-state index in [2.05, 4.69) is 29.2 Å². The number of nitrogens with two attached hydrogens (primary N) is 1. The molecule has 108 valence electrons. The second kappa shape index (κ2) is 5.82. The van der Waals surface area contributed by atoms with Crippen LogP contribution in [0.5, 0.6) is 0 Å². The summed E-state index contributed by atoms with van der Waals surface area (Å²) >= 11 is 4.89.